The SMILES string of the molecule is Cc1ccc(N(C)c2ccc3nc(NC(=O)O)sc3n2)cc1. The maximum atomic E-state index is 10.7. The van der Waals surface area contributed by atoms with Gasteiger partial charge in [-0.3, -0.25) is 5.32 Å². The van der Waals surface area contributed by atoms with Crippen LogP contribution in [0.15, 0.2) is 36.4 Å². The Morgan fingerprint density at radius 2 is 1.91 bits per heavy atom. The van der Waals surface area contributed by atoms with Gasteiger partial charge >= 0.3 is 6.09 Å². The molecule has 0 spiro atoms. The number of aromatic nitrogens is 2. The minimum Gasteiger partial charge on any atom is -0.465 e. The summed E-state index contributed by atoms with van der Waals surface area (Å²) < 4.78 is 0. The maximum Gasteiger partial charge on any atom is 0.410 e. The average molecular weight is 314 g/mol. The number of anilines is 3. The molecule has 7 heteroatoms. The number of fused-ring (bicyclic) bond motifs is 1. The smallest absolute Gasteiger partial charge is 0.410 e. The highest BCUT2D eigenvalue weighted by molar-refractivity contribution is 7.21. The van der Waals surface area contributed by atoms with Gasteiger partial charge in [-0.1, -0.05) is 29.0 Å². The number of aryl methyl sites for hydroxylation is 1. The molecule has 0 fully saturated rings. The molecule has 2 N–H and O–H groups in total. The molecule has 0 atom stereocenters. The fourth-order valence-corrected chi connectivity index (χ4v) is 2.86. The number of hydrogen-bond acceptors (Lipinski definition) is 5. The molecular weight excluding hydrogens is 300 g/mol. The van der Waals surface area contributed by atoms with Crippen LogP contribution in [0.4, 0.5) is 21.4 Å². The number of pyridine rings is 1. The minimum atomic E-state index is -1.13. The van der Waals surface area contributed by atoms with E-state index in [2.05, 4.69) is 15.3 Å². The van der Waals surface area contributed by atoms with Crippen molar-refractivity contribution in [2.75, 3.05) is 17.3 Å². The van der Waals surface area contributed by atoms with Gasteiger partial charge in [-0.15, -0.1) is 0 Å². The number of benzene rings is 1. The summed E-state index contributed by atoms with van der Waals surface area (Å²) in [7, 11) is 1.94. The molecule has 3 aromatic rings. The Balaban J connectivity index is 1.93. The molecule has 0 radical (unpaired) electrons. The number of carboxylic acid groups (broad SMARTS) is 1. The fourth-order valence-electron chi connectivity index (χ4n) is 2.04. The van der Waals surface area contributed by atoms with Gasteiger partial charge < -0.3 is 10.0 Å². The number of rotatable bonds is 3. The van der Waals surface area contributed by atoms with Gasteiger partial charge in [0.2, 0.25) is 0 Å². The molecule has 0 aliphatic rings. The van der Waals surface area contributed by atoms with Gasteiger partial charge in [0, 0.05) is 12.7 Å². The Kier molecular flexibility index (Phi) is 3.64. The van der Waals surface area contributed by atoms with Crippen molar-refractivity contribution in [2.45, 2.75) is 6.92 Å². The minimum absolute atomic E-state index is 0.324. The van der Waals surface area contributed by atoms with Crippen molar-refractivity contribution in [1.82, 2.24) is 9.97 Å². The number of nitrogens with one attached hydrogen (secondary N) is 1. The molecule has 0 saturated carbocycles. The first kappa shape index (κ1) is 14.3. The van der Waals surface area contributed by atoms with Crippen molar-refractivity contribution in [2.24, 2.45) is 0 Å². The molecule has 1 aromatic carbocycles. The Labute approximate surface area is 131 Å². The zero-order chi connectivity index (χ0) is 15.7. The molecule has 22 heavy (non-hydrogen) atoms. The molecule has 112 valence electrons. The summed E-state index contributed by atoms with van der Waals surface area (Å²) in [6.45, 7) is 2.04. The van der Waals surface area contributed by atoms with Gasteiger partial charge in [0.25, 0.3) is 0 Å². The van der Waals surface area contributed by atoms with Crippen molar-refractivity contribution >= 4 is 44.4 Å². The topological polar surface area (TPSA) is 78.4 Å². The number of carbonyl (C=O) groups is 1. The second kappa shape index (κ2) is 5.61. The first-order valence-electron chi connectivity index (χ1n) is 6.61. The average Bonchev–Trinajstić information content (AvgIpc) is 2.87. The molecule has 0 bridgehead atoms. The summed E-state index contributed by atoms with van der Waals surface area (Å²) in [6, 6.07) is 11.9. The van der Waals surface area contributed by atoms with E-state index in [0.717, 1.165) is 11.5 Å². The van der Waals surface area contributed by atoms with Gasteiger partial charge in [0.15, 0.2) is 5.13 Å². The van der Waals surface area contributed by atoms with E-state index in [0.29, 0.717) is 15.5 Å². The van der Waals surface area contributed by atoms with E-state index >= 15 is 0 Å². The summed E-state index contributed by atoms with van der Waals surface area (Å²) in [5.74, 6) is 0.780. The van der Waals surface area contributed by atoms with E-state index in [9.17, 15) is 4.79 Å². The second-order valence-corrected chi connectivity index (χ2v) is 5.81. The zero-order valence-electron chi connectivity index (χ0n) is 12.1. The van der Waals surface area contributed by atoms with Crippen molar-refractivity contribution in [1.29, 1.82) is 0 Å². The molecule has 1 amide bonds. The highest BCUT2D eigenvalue weighted by Crippen LogP contribution is 2.28. The predicted molar refractivity (Wildman–Crippen MR) is 88.3 cm³/mol. The standard InChI is InChI=1S/C15H14N4O2S/c1-9-3-5-10(6-4-9)19(2)12-8-7-11-13(17-12)22-14(16-11)18-15(20)21/h3-8H,1-2H3,(H,16,18)(H,20,21). The lowest BCUT2D eigenvalue weighted by Gasteiger charge is -2.18. The van der Waals surface area contributed by atoms with E-state index in [1.807, 2.05) is 55.3 Å². The highest BCUT2D eigenvalue weighted by atomic mass is 32.1. The first-order valence-corrected chi connectivity index (χ1v) is 7.42. The lowest BCUT2D eigenvalue weighted by Crippen LogP contribution is -2.10. The predicted octanol–water partition coefficient (Wildman–Crippen LogP) is 3.86. The molecule has 3 rings (SSSR count). The number of nitrogens with zero attached hydrogens (tertiary/aromatic N) is 3. The fraction of sp³-hybridized carbons (Fsp3) is 0.133. The summed E-state index contributed by atoms with van der Waals surface area (Å²) in [6.07, 6.45) is -1.13. The molecule has 0 aliphatic carbocycles. The molecule has 0 aliphatic heterocycles. The molecular formula is C15H14N4O2S. The van der Waals surface area contributed by atoms with Gasteiger partial charge in [-0.2, -0.15) is 0 Å². The Morgan fingerprint density at radius 3 is 2.59 bits per heavy atom. The van der Waals surface area contributed by atoms with Crippen LogP contribution in [0.1, 0.15) is 5.56 Å². The third-order valence-corrected chi connectivity index (χ3v) is 4.10. The number of hydrogen-bond donors (Lipinski definition) is 2. The van der Waals surface area contributed by atoms with E-state index in [1.165, 1.54) is 16.9 Å². The van der Waals surface area contributed by atoms with Crippen molar-refractivity contribution in [3.63, 3.8) is 0 Å². The van der Waals surface area contributed by atoms with Crippen molar-refractivity contribution < 1.29 is 9.90 Å². The van der Waals surface area contributed by atoms with Crippen LogP contribution in [-0.4, -0.2) is 28.2 Å². The quantitative estimate of drug-likeness (QED) is 0.767. The van der Waals surface area contributed by atoms with Crippen LogP contribution in [0.5, 0.6) is 0 Å². The summed E-state index contributed by atoms with van der Waals surface area (Å²) in [5.41, 5.74) is 2.91. The van der Waals surface area contributed by atoms with Crippen LogP contribution in [0, 0.1) is 6.92 Å². The number of amides is 1. The third-order valence-electron chi connectivity index (χ3n) is 3.22. The van der Waals surface area contributed by atoms with Gasteiger partial charge in [-0.05, 0) is 31.2 Å². The van der Waals surface area contributed by atoms with Crippen LogP contribution >= 0.6 is 11.3 Å². The van der Waals surface area contributed by atoms with Crippen molar-refractivity contribution in [3.8, 4) is 0 Å². The monoisotopic (exact) mass is 314 g/mol. The normalized spacial score (nSPS) is 10.6. The third kappa shape index (κ3) is 2.84. The van der Waals surface area contributed by atoms with E-state index in [-0.39, 0.29) is 0 Å². The van der Waals surface area contributed by atoms with Crippen LogP contribution in [0.2, 0.25) is 0 Å². The molecule has 2 heterocycles. The van der Waals surface area contributed by atoms with Crippen LogP contribution in [0.25, 0.3) is 10.3 Å². The summed E-state index contributed by atoms with van der Waals surface area (Å²) in [5, 5.41) is 11.3. The lowest BCUT2D eigenvalue weighted by molar-refractivity contribution is 0.210. The highest BCUT2D eigenvalue weighted by Gasteiger charge is 2.11. The molecule has 2 aromatic heterocycles. The molecule has 6 nitrogen and oxygen atoms in total. The van der Waals surface area contributed by atoms with E-state index in [1.54, 1.807) is 0 Å². The first-order chi connectivity index (χ1) is 10.5. The zero-order valence-corrected chi connectivity index (χ0v) is 12.9. The Morgan fingerprint density at radius 1 is 1.18 bits per heavy atom. The molecule has 0 unspecified atom stereocenters. The van der Waals surface area contributed by atoms with Crippen LogP contribution in [-0.2, 0) is 0 Å². The Hall–Kier alpha value is -2.67. The van der Waals surface area contributed by atoms with Crippen LogP contribution in [0.3, 0.4) is 0 Å². The van der Waals surface area contributed by atoms with Crippen molar-refractivity contribution in [3.05, 3.63) is 42.0 Å². The molecule has 0 saturated heterocycles. The van der Waals surface area contributed by atoms with Gasteiger partial charge in [0.1, 0.15) is 16.2 Å². The summed E-state index contributed by atoms with van der Waals surface area (Å²) in [4.78, 5) is 22.1. The number of thiazole rings is 1. The Bertz CT molecular complexity index is 829. The van der Waals surface area contributed by atoms with Gasteiger partial charge in [0.05, 0.1) is 0 Å². The maximum absolute atomic E-state index is 10.7. The second-order valence-electron chi connectivity index (χ2n) is 4.84. The largest absolute Gasteiger partial charge is 0.465 e. The van der Waals surface area contributed by atoms with Gasteiger partial charge in [-0.25, -0.2) is 14.8 Å². The van der Waals surface area contributed by atoms with E-state index in [4.69, 9.17) is 5.11 Å². The lowest BCUT2D eigenvalue weighted by atomic mass is 10.2. The van der Waals surface area contributed by atoms with Crippen LogP contribution < -0.4 is 10.2 Å². The summed E-state index contributed by atoms with van der Waals surface area (Å²) >= 11 is 1.21. The van der Waals surface area contributed by atoms with E-state index < -0.39 is 6.09 Å².